The molecular weight excluding hydrogens is 298 g/mol. The summed E-state index contributed by atoms with van der Waals surface area (Å²) >= 11 is 4.56. The number of fused-ring (bicyclic) bond motifs is 1. The van der Waals surface area contributed by atoms with Gasteiger partial charge in [-0.05, 0) is 48.6 Å². The summed E-state index contributed by atoms with van der Waals surface area (Å²) in [5.41, 5.74) is 0. The highest BCUT2D eigenvalue weighted by Crippen LogP contribution is 2.34. The van der Waals surface area contributed by atoms with Crippen LogP contribution in [0.1, 0.15) is 12.7 Å². The van der Waals surface area contributed by atoms with E-state index in [9.17, 15) is 0 Å². The van der Waals surface area contributed by atoms with E-state index >= 15 is 0 Å². The van der Waals surface area contributed by atoms with Gasteiger partial charge in [-0.1, -0.05) is 0 Å². The molecule has 0 radical (unpaired) electrons. The Morgan fingerprint density at radius 3 is 2.95 bits per heavy atom. The van der Waals surface area contributed by atoms with Crippen LogP contribution in [0, 0.1) is 6.92 Å². The molecule has 3 heterocycles. The molecule has 5 nitrogen and oxygen atoms in total. The van der Waals surface area contributed by atoms with E-state index in [0.717, 1.165) is 32.0 Å². The Bertz CT molecular complexity index is 705. The third kappa shape index (κ3) is 2.70. The summed E-state index contributed by atoms with van der Waals surface area (Å²) in [5, 5.41) is 7.19. The summed E-state index contributed by atoms with van der Waals surface area (Å²) in [5.74, 6) is 1.47. The molecule has 0 aliphatic heterocycles. The predicted molar refractivity (Wildman–Crippen MR) is 80.3 cm³/mol. The topological polar surface area (TPSA) is 63.6 Å². The van der Waals surface area contributed by atoms with E-state index in [4.69, 9.17) is 0 Å². The van der Waals surface area contributed by atoms with Crippen molar-refractivity contribution in [2.24, 2.45) is 0 Å². The van der Waals surface area contributed by atoms with E-state index in [1.54, 1.807) is 23.1 Å². The van der Waals surface area contributed by atoms with Crippen LogP contribution in [0.3, 0.4) is 0 Å². The predicted octanol–water partition coefficient (Wildman–Crippen LogP) is 3.43. The number of nitrogens with zero attached hydrogens (tertiary/aromatic N) is 4. The lowest BCUT2D eigenvalue weighted by Gasteiger charge is -2.04. The maximum Gasteiger partial charge on any atom is 0.225 e. The quantitative estimate of drug-likeness (QED) is 0.745. The van der Waals surface area contributed by atoms with E-state index < -0.39 is 0 Å². The fourth-order valence-corrected chi connectivity index (χ4v) is 4.05. The van der Waals surface area contributed by atoms with Crippen LogP contribution < -0.4 is 5.32 Å². The molecule has 0 aliphatic carbocycles. The van der Waals surface area contributed by atoms with Gasteiger partial charge in [0.2, 0.25) is 5.95 Å². The molecule has 8 heteroatoms. The van der Waals surface area contributed by atoms with E-state index in [2.05, 4.69) is 24.6 Å². The number of aryl methyl sites for hydroxylation is 1. The van der Waals surface area contributed by atoms with Crippen LogP contribution in [0.15, 0.2) is 20.8 Å². The zero-order valence-corrected chi connectivity index (χ0v) is 12.8. The molecule has 0 spiro atoms. The van der Waals surface area contributed by atoms with Gasteiger partial charge < -0.3 is 5.32 Å². The highest BCUT2D eigenvalue weighted by atomic mass is 32.2. The first-order chi connectivity index (χ1) is 9.26. The molecule has 0 atom stereocenters. The van der Waals surface area contributed by atoms with Crippen molar-refractivity contribution < 1.29 is 0 Å². The van der Waals surface area contributed by atoms with Crippen LogP contribution in [-0.2, 0) is 0 Å². The van der Waals surface area contributed by atoms with Gasteiger partial charge in [-0.2, -0.15) is 4.37 Å². The SMILES string of the molecule is CCNc1nc(Sc2nc(C)ns2)c2ccsc2n1. The first-order valence-electron chi connectivity index (χ1n) is 5.73. The second kappa shape index (κ2) is 5.40. The van der Waals surface area contributed by atoms with Crippen molar-refractivity contribution in [3.8, 4) is 0 Å². The molecule has 0 saturated heterocycles. The summed E-state index contributed by atoms with van der Waals surface area (Å²) in [6.45, 7) is 4.73. The smallest absolute Gasteiger partial charge is 0.225 e. The van der Waals surface area contributed by atoms with Crippen molar-refractivity contribution in [1.82, 2.24) is 19.3 Å². The van der Waals surface area contributed by atoms with Crippen LogP contribution in [0.2, 0.25) is 0 Å². The van der Waals surface area contributed by atoms with Crippen molar-refractivity contribution in [2.75, 3.05) is 11.9 Å². The van der Waals surface area contributed by atoms with Gasteiger partial charge in [-0.25, -0.2) is 15.0 Å². The Morgan fingerprint density at radius 1 is 1.32 bits per heavy atom. The van der Waals surface area contributed by atoms with Crippen LogP contribution in [0.4, 0.5) is 5.95 Å². The average molecular weight is 309 g/mol. The second-order valence-electron chi connectivity index (χ2n) is 3.73. The first kappa shape index (κ1) is 12.8. The van der Waals surface area contributed by atoms with Gasteiger partial charge in [0.25, 0.3) is 0 Å². The summed E-state index contributed by atoms with van der Waals surface area (Å²) in [6.07, 6.45) is 0. The minimum atomic E-state index is 0.668. The van der Waals surface area contributed by atoms with E-state index in [1.807, 2.05) is 25.3 Å². The van der Waals surface area contributed by atoms with Gasteiger partial charge >= 0.3 is 0 Å². The zero-order chi connectivity index (χ0) is 13.2. The van der Waals surface area contributed by atoms with Gasteiger partial charge in [-0.15, -0.1) is 11.3 Å². The van der Waals surface area contributed by atoms with Crippen LogP contribution >= 0.6 is 34.6 Å². The van der Waals surface area contributed by atoms with Gasteiger partial charge in [0, 0.05) is 11.9 Å². The zero-order valence-electron chi connectivity index (χ0n) is 10.4. The second-order valence-corrected chi connectivity index (χ2v) is 6.61. The number of hydrogen-bond donors (Lipinski definition) is 1. The number of aromatic nitrogens is 4. The number of thiophene rings is 1. The van der Waals surface area contributed by atoms with Crippen LogP contribution in [0.25, 0.3) is 10.2 Å². The first-order valence-corrected chi connectivity index (χ1v) is 8.20. The maximum absolute atomic E-state index is 4.55. The molecule has 3 rings (SSSR count). The van der Waals surface area contributed by atoms with E-state index in [1.165, 1.54) is 11.5 Å². The number of rotatable bonds is 4. The molecule has 0 aliphatic rings. The Balaban J connectivity index is 2.02. The van der Waals surface area contributed by atoms with E-state index in [0.29, 0.717) is 5.95 Å². The normalized spacial score (nSPS) is 11.1. The highest BCUT2D eigenvalue weighted by Gasteiger charge is 2.12. The molecule has 3 aromatic heterocycles. The van der Waals surface area contributed by atoms with Gasteiger partial charge in [0.05, 0.1) is 0 Å². The lowest BCUT2D eigenvalue weighted by atomic mass is 10.4. The third-order valence-corrected chi connectivity index (χ3v) is 4.97. The number of nitrogens with one attached hydrogen (secondary N) is 1. The highest BCUT2D eigenvalue weighted by molar-refractivity contribution is 8.01. The Labute approximate surface area is 122 Å². The molecular formula is C11H11N5S3. The lowest BCUT2D eigenvalue weighted by Crippen LogP contribution is -2.02. The van der Waals surface area contributed by atoms with Crippen molar-refractivity contribution in [3.05, 3.63) is 17.3 Å². The standard InChI is InChI=1S/C11H11N5S3/c1-3-12-10-14-8-7(4-5-17-8)9(15-10)18-11-13-6(2)16-19-11/h4-5H,3H2,1-2H3,(H,12,14,15). The van der Waals surface area contributed by atoms with Crippen LogP contribution in [-0.4, -0.2) is 25.9 Å². The molecule has 98 valence electrons. The molecule has 0 saturated carbocycles. The minimum absolute atomic E-state index is 0.668. The fourth-order valence-electron chi connectivity index (χ4n) is 1.55. The number of hydrogen-bond acceptors (Lipinski definition) is 8. The third-order valence-electron chi connectivity index (χ3n) is 2.32. The van der Waals surface area contributed by atoms with Gasteiger partial charge in [0.15, 0.2) is 4.34 Å². The molecule has 19 heavy (non-hydrogen) atoms. The summed E-state index contributed by atoms with van der Waals surface area (Å²) < 4.78 is 5.10. The van der Waals surface area contributed by atoms with Crippen molar-refractivity contribution in [2.45, 2.75) is 23.2 Å². The minimum Gasteiger partial charge on any atom is -0.354 e. The Morgan fingerprint density at radius 2 is 2.21 bits per heavy atom. The summed E-state index contributed by atoms with van der Waals surface area (Å²) in [4.78, 5) is 14.4. The largest absolute Gasteiger partial charge is 0.354 e. The van der Waals surface area contributed by atoms with E-state index in [-0.39, 0.29) is 0 Å². The van der Waals surface area contributed by atoms with Crippen molar-refractivity contribution in [3.63, 3.8) is 0 Å². The van der Waals surface area contributed by atoms with Gasteiger partial charge in [0.1, 0.15) is 15.7 Å². The maximum atomic E-state index is 4.55. The Kier molecular flexibility index (Phi) is 3.63. The average Bonchev–Trinajstić information content (AvgIpc) is 2.99. The Hall–Kier alpha value is -1.25. The lowest BCUT2D eigenvalue weighted by molar-refractivity contribution is 1.05. The number of anilines is 1. The van der Waals surface area contributed by atoms with Gasteiger partial charge in [-0.3, -0.25) is 0 Å². The molecule has 3 aromatic rings. The molecule has 1 N–H and O–H groups in total. The van der Waals surface area contributed by atoms with Crippen LogP contribution in [0.5, 0.6) is 0 Å². The molecule has 0 fully saturated rings. The van der Waals surface area contributed by atoms with Crippen molar-refractivity contribution >= 4 is 50.8 Å². The molecule has 0 aromatic carbocycles. The summed E-state index contributed by atoms with van der Waals surface area (Å²) in [6, 6.07) is 2.05. The monoisotopic (exact) mass is 309 g/mol. The molecule has 0 unspecified atom stereocenters. The molecule has 0 bridgehead atoms. The van der Waals surface area contributed by atoms with Crippen molar-refractivity contribution in [1.29, 1.82) is 0 Å². The fraction of sp³-hybridized carbons (Fsp3) is 0.273. The summed E-state index contributed by atoms with van der Waals surface area (Å²) in [7, 11) is 0. The molecule has 0 amide bonds.